The van der Waals surface area contributed by atoms with Gasteiger partial charge in [-0.15, -0.1) is 0 Å². The molecule has 3 heteroatoms. The Bertz CT molecular complexity index is 2540. The van der Waals surface area contributed by atoms with Crippen molar-refractivity contribution < 1.29 is 0 Å². The summed E-state index contributed by atoms with van der Waals surface area (Å²) in [4.78, 5) is 9.56. The first-order valence-electron chi connectivity index (χ1n) is 16.2. The van der Waals surface area contributed by atoms with Crippen LogP contribution in [0.2, 0.25) is 0 Å². The second kappa shape index (κ2) is 11.1. The van der Waals surface area contributed by atoms with Crippen LogP contribution < -0.4 is 0 Å². The first-order valence-corrected chi connectivity index (χ1v) is 16.2. The molecule has 0 bridgehead atoms. The summed E-state index contributed by atoms with van der Waals surface area (Å²) in [6.45, 7) is 2.18. The van der Waals surface area contributed by atoms with E-state index in [9.17, 15) is 0 Å². The number of aromatic nitrogens is 3. The third-order valence-electron chi connectivity index (χ3n) is 9.42. The topological polar surface area (TPSA) is 30.7 Å². The van der Waals surface area contributed by atoms with Crippen LogP contribution in [-0.2, 0) is 6.42 Å². The Labute approximate surface area is 273 Å². The second-order valence-electron chi connectivity index (χ2n) is 12.0. The lowest BCUT2D eigenvalue weighted by Crippen LogP contribution is -2.01. The average molecular weight is 602 g/mol. The fourth-order valence-corrected chi connectivity index (χ4v) is 7.35. The molecule has 0 fully saturated rings. The average Bonchev–Trinajstić information content (AvgIpc) is 3.52. The fourth-order valence-electron chi connectivity index (χ4n) is 7.35. The van der Waals surface area contributed by atoms with Crippen LogP contribution in [0.4, 0.5) is 0 Å². The van der Waals surface area contributed by atoms with E-state index in [1.807, 2.05) is 18.3 Å². The van der Waals surface area contributed by atoms with Gasteiger partial charge in [-0.3, -0.25) is 9.55 Å². The maximum atomic E-state index is 5.00. The molecule has 0 unspecified atom stereocenters. The van der Waals surface area contributed by atoms with Gasteiger partial charge in [-0.1, -0.05) is 128 Å². The van der Waals surface area contributed by atoms with Gasteiger partial charge in [0, 0.05) is 23.6 Å². The summed E-state index contributed by atoms with van der Waals surface area (Å²) in [5, 5.41) is 7.42. The molecule has 7 aromatic carbocycles. The molecule has 0 spiro atoms. The Morgan fingerprint density at radius 1 is 0.489 bits per heavy atom. The molecule has 0 N–H and O–H groups in total. The van der Waals surface area contributed by atoms with Gasteiger partial charge in [-0.2, -0.15) is 0 Å². The SMILES string of the molecule is CCc1nc2ccccc2n1-c1ccc(-c2c3ccccc3c(-c3ccc(-c4ccccn4)cc3)c3ccccc23)c2ccccc12. The van der Waals surface area contributed by atoms with Crippen molar-refractivity contribution in [3.8, 4) is 39.2 Å². The van der Waals surface area contributed by atoms with E-state index in [4.69, 9.17) is 4.98 Å². The van der Waals surface area contributed by atoms with Crippen molar-refractivity contribution in [2.24, 2.45) is 0 Å². The van der Waals surface area contributed by atoms with Gasteiger partial charge in [0.2, 0.25) is 0 Å². The summed E-state index contributed by atoms with van der Waals surface area (Å²) >= 11 is 0. The van der Waals surface area contributed by atoms with Crippen molar-refractivity contribution in [2.45, 2.75) is 13.3 Å². The number of pyridine rings is 1. The number of fused-ring (bicyclic) bond motifs is 4. The molecular weight excluding hydrogens is 571 g/mol. The number of hydrogen-bond donors (Lipinski definition) is 0. The lowest BCUT2D eigenvalue weighted by molar-refractivity contribution is 0.913. The van der Waals surface area contributed by atoms with Gasteiger partial charge >= 0.3 is 0 Å². The maximum Gasteiger partial charge on any atom is 0.114 e. The highest BCUT2D eigenvalue weighted by Crippen LogP contribution is 2.46. The van der Waals surface area contributed by atoms with E-state index in [1.165, 1.54) is 54.6 Å². The summed E-state index contributed by atoms with van der Waals surface area (Å²) < 4.78 is 2.34. The molecule has 3 nitrogen and oxygen atoms in total. The molecule has 2 aromatic heterocycles. The van der Waals surface area contributed by atoms with E-state index in [2.05, 4.69) is 156 Å². The van der Waals surface area contributed by atoms with E-state index in [0.717, 1.165) is 40.2 Å². The van der Waals surface area contributed by atoms with Crippen LogP contribution in [0.25, 0.3) is 82.5 Å². The standard InChI is InChI=1S/C44H31N3/c1-2-42-46-39-20-9-10-21-41(39)47(42)40-27-26-37(31-13-3-4-14-32(31)40)44-35-17-7-5-15-33(35)43(34-16-6-8-18-36(34)44)30-24-22-29(23-25-30)38-19-11-12-28-45-38/h3-28H,2H2,1H3. The molecule has 2 heterocycles. The zero-order valence-electron chi connectivity index (χ0n) is 26.1. The summed E-state index contributed by atoms with van der Waals surface area (Å²) in [6, 6.07) is 54.5. The smallest absolute Gasteiger partial charge is 0.114 e. The van der Waals surface area contributed by atoms with Gasteiger partial charge in [0.1, 0.15) is 5.82 Å². The van der Waals surface area contributed by atoms with Crippen LogP contribution in [0.1, 0.15) is 12.7 Å². The van der Waals surface area contributed by atoms with Crippen LogP contribution in [0.15, 0.2) is 158 Å². The molecule has 47 heavy (non-hydrogen) atoms. The van der Waals surface area contributed by atoms with Crippen LogP contribution in [0.3, 0.4) is 0 Å². The monoisotopic (exact) mass is 601 g/mol. The maximum absolute atomic E-state index is 5.00. The van der Waals surface area contributed by atoms with Crippen LogP contribution in [-0.4, -0.2) is 14.5 Å². The number of benzene rings is 7. The fraction of sp³-hybridized carbons (Fsp3) is 0.0455. The minimum absolute atomic E-state index is 0.852. The van der Waals surface area contributed by atoms with Crippen LogP contribution in [0.5, 0.6) is 0 Å². The first-order chi connectivity index (χ1) is 23.3. The van der Waals surface area contributed by atoms with Crippen molar-refractivity contribution in [3.63, 3.8) is 0 Å². The normalized spacial score (nSPS) is 11.6. The molecule has 0 aliphatic rings. The van der Waals surface area contributed by atoms with Gasteiger partial charge < -0.3 is 0 Å². The van der Waals surface area contributed by atoms with Crippen molar-refractivity contribution in [1.29, 1.82) is 0 Å². The second-order valence-corrected chi connectivity index (χ2v) is 12.0. The molecule has 222 valence electrons. The number of imidazole rings is 1. The number of hydrogen-bond acceptors (Lipinski definition) is 2. The predicted octanol–water partition coefficient (Wildman–Crippen LogP) is 11.4. The van der Waals surface area contributed by atoms with Crippen molar-refractivity contribution in [3.05, 3.63) is 164 Å². The lowest BCUT2D eigenvalue weighted by Gasteiger charge is -2.20. The Morgan fingerprint density at radius 2 is 1.06 bits per heavy atom. The van der Waals surface area contributed by atoms with E-state index in [-0.39, 0.29) is 0 Å². The number of rotatable bonds is 5. The molecule has 0 saturated carbocycles. The molecule has 0 amide bonds. The van der Waals surface area contributed by atoms with Crippen LogP contribution in [0, 0.1) is 0 Å². The van der Waals surface area contributed by atoms with Gasteiger partial charge in [-0.25, -0.2) is 4.98 Å². The molecule has 0 aliphatic carbocycles. The highest BCUT2D eigenvalue weighted by Gasteiger charge is 2.20. The predicted molar refractivity (Wildman–Crippen MR) is 197 cm³/mol. The van der Waals surface area contributed by atoms with Crippen molar-refractivity contribution in [1.82, 2.24) is 14.5 Å². The van der Waals surface area contributed by atoms with E-state index >= 15 is 0 Å². The molecule has 9 rings (SSSR count). The molecule has 0 aliphatic heterocycles. The van der Waals surface area contributed by atoms with Crippen molar-refractivity contribution >= 4 is 43.4 Å². The highest BCUT2D eigenvalue weighted by atomic mass is 15.1. The minimum Gasteiger partial charge on any atom is -0.296 e. The summed E-state index contributed by atoms with van der Waals surface area (Å²) in [6.07, 6.45) is 2.70. The van der Waals surface area contributed by atoms with Gasteiger partial charge in [0.15, 0.2) is 0 Å². The Hall–Kier alpha value is -6.06. The molecular formula is C44H31N3. The molecule has 9 aromatic rings. The molecule has 0 atom stereocenters. The van der Waals surface area contributed by atoms with E-state index < -0.39 is 0 Å². The number of nitrogens with zero attached hydrogens (tertiary/aromatic N) is 3. The zero-order chi connectivity index (χ0) is 31.3. The Kier molecular flexibility index (Phi) is 6.43. The number of aryl methyl sites for hydroxylation is 1. The number of para-hydroxylation sites is 2. The molecule has 0 radical (unpaired) electrons. The van der Waals surface area contributed by atoms with Gasteiger partial charge in [0.05, 0.1) is 22.4 Å². The largest absolute Gasteiger partial charge is 0.296 e. The van der Waals surface area contributed by atoms with Gasteiger partial charge in [0.25, 0.3) is 0 Å². The van der Waals surface area contributed by atoms with Crippen molar-refractivity contribution in [2.75, 3.05) is 0 Å². The van der Waals surface area contributed by atoms with E-state index in [0.29, 0.717) is 0 Å². The first kappa shape index (κ1) is 27.3. The summed E-state index contributed by atoms with van der Waals surface area (Å²) in [7, 11) is 0. The van der Waals surface area contributed by atoms with E-state index in [1.54, 1.807) is 0 Å². The molecule has 0 saturated heterocycles. The van der Waals surface area contributed by atoms with Gasteiger partial charge in [-0.05, 0) is 79.5 Å². The van der Waals surface area contributed by atoms with Crippen LogP contribution >= 0.6 is 0 Å². The summed E-state index contributed by atoms with van der Waals surface area (Å²) in [5.74, 6) is 1.07. The quantitative estimate of drug-likeness (QED) is 0.184. The summed E-state index contributed by atoms with van der Waals surface area (Å²) in [5.41, 5.74) is 10.4. The Morgan fingerprint density at radius 3 is 1.72 bits per heavy atom. The highest BCUT2D eigenvalue weighted by molar-refractivity contribution is 6.23. The minimum atomic E-state index is 0.852. The Balaban J connectivity index is 1.31. The lowest BCUT2D eigenvalue weighted by atomic mass is 9.84. The third-order valence-corrected chi connectivity index (χ3v) is 9.42. The third kappa shape index (κ3) is 4.35. The zero-order valence-corrected chi connectivity index (χ0v) is 26.1.